The second-order valence-corrected chi connectivity index (χ2v) is 7.89. The van der Waals surface area contributed by atoms with Crippen molar-refractivity contribution < 1.29 is 14.6 Å². The van der Waals surface area contributed by atoms with E-state index in [4.69, 9.17) is 14.7 Å². The number of fused-ring (bicyclic) bond motifs is 1. The van der Waals surface area contributed by atoms with E-state index in [-0.39, 0.29) is 0 Å². The average molecular weight is 418 g/mol. The van der Waals surface area contributed by atoms with Crippen LogP contribution in [0.3, 0.4) is 0 Å². The molecule has 0 saturated carbocycles. The SMILES string of the molecule is CCCC(C(=O)O)c1c(C)nc(-c2ccccc2)nc1-c1ccc2c(c1)OCCN2C. The summed E-state index contributed by atoms with van der Waals surface area (Å²) in [5.74, 6) is -0.133. The van der Waals surface area contributed by atoms with Crippen LogP contribution in [-0.4, -0.2) is 41.2 Å². The number of benzene rings is 2. The number of rotatable bonds is 6. The van der Waals surface area contributed by atoms with Gasteiger partial charge >= 0.3 is 5.97 Å². The molecule has 0 amide bonds. The lowest BCUT2D eigenvalue weighted by atomic mass is 9.89. The van der Waals surface area contributed by atoms with Crippen molar-refractivity contribution in [3.8, 4) is 28.4 Å². The van der Waals surface area contributed by atoms with Gasteiger partial charge in [0.25, 0.3) is 0 Å². The molecule has 0 radical (unpaired) electrons. The van der Waals surface area contributed by atoms with Crippen LogP contribution >= 0.6 is 0 Å². The molecule has 2 heterocycles. The zero-order chi connectivity index (χ0) is 22.0. The van der Waals surface area contributed by atoms with E-state index >= 15 is 0 Å². The van der Waals surface area contributed by atoms with Crippen molar-refractivity contribution in [3.05, 3.63) is 59.8 Å². The van der Waals surface area contributed by atoms with Crippen LogP contribution < -0.4 is 9.64 Å². The van der Waals surface area contributed by atoms with Gasteiger partial charge in [0.15, 0.2) is 5.82 Å². The summed E-state index contributed by atoms with van der Waals surface area (Å²) in [4.78, 5) is 23.9. The summed E-state index contributed by atoms with van der Waals surface area (Å²) in [5.41, 5.74) is 4.79. The Morgan fingerprint density at radius 1 is 1.16 bits per heavy atom. The van der Waals surface area contributed by atoms with E-state index in [0.29, 0.717) is 35.8 Å². The van der Waals surface area contributed by atoms with Gasteiger partial charge in [-0.3, -0.25) is 4.79 Å². The van der Waals surface area contributed by atoms with Crippen LogP contribution in [0.4, 0.5) is 5.69 Å². The number of hydrogen-bond donors (Lipinski definition) is 1. The van der Waals surface area contributed by atoms with Gasteiger partial charge < -0.3 is 14.7 Å². The Morgan fingerprint density at radius 2 is 1.94 bits per heavy atom. The van der Waals surface area contributed by atoms with Gasteiger partial charge in [0.05, 0.1) is 23.8 Å². The topological polar surface area (TPSA) is 75.5 Å². The molecular formula is C25H27N3O3. The maximum Gasteiger partial charge on any atom is 0.311 e. The Hall–Kier alpha value is -3.41. The Balaban J connectivity index is 1.93. The minimum Gasteiger partial charge on any atom is -0.490 e. The Labute approximate surface area is 182 Å². The van der Waals surface area contributed by atoms with Crippen molar-refractivity contribution in [2.75, 3.05) is 25.1 Å². The van der Waals surface area contributed by atoms with Crippen LogP contribution in [0.2, 0.25) is 0 Å². The minimum absolute atomic E-state index is 0.529. The minimum atomic E-state index is -0.851. The molecule has 1 aromatic heterocycles. The van der Waals surface area contributed by atoms with E-state index in [1.165, 1.54) is 0 Å². The fourth-order valence-electron chi connectivity index (χ4n) is 4.12. The van der Waals surface area contributed by atoms with Gasteiger partial charge in [0.2, 0.25) is 0 Å². The summed E-state index contributed by atoms with van der Waals surface area (Å²) in [6, 6.07) is 15.7. The van der Waals surface area contributed by atoms with Gasteiger partial charge in [0, 0.05) is 29.4 Å². The number of aliphatic carboxylic acids is 1. The first kappa shape index (κ1) is 20.8. The van der Waals surface area contributed by atoms with Crippen molar-refractivity contribution in [3.63, 3.8) is 0 Å². The Bertz CT molecular complexity index is 1100. The zero-order valence-electron chi connectivity index (χ0n) is 18.1. The molecule has 6 nitrogen and oxygen atoms in total. The molecule has 6 heteroatoms. The van der Waals surface area contributed by atoms with Gasteiger partial charge in [-0.25, -0.2) is 9.97 Å². The summed E-state index contributed by atoms with van der Waals surface area (Å²) in [7, 11) is 2.04. The molecule has 3 aromatic rings. The second-order valence-electron chi connectivity index (χ2n) is 7.89. The number of carboxylic acids is 1. The largest absolute Gasteiger partial charge is 0.490 e. The molecule has 1 atom stereocenters. The van der Waals surface area contributed by atoms with Crippen LogP contribution in [0.1, 0.15) is 36.9 Å². The van der Waals surface area contributed by atoms with E-state index in [9.17, 15) is 9.90 Å². The quantitative estimate of drug-likeness (QED) is 0.614. The van der Waals surface area contributed by atoms with Crippen molar-refractivity contribution in [2.24, 2.45) is 0 Å². The van der Waals surface area contributed by atoms with Crippen LogP contribution in [0.25, 0.3) is 22.6 Å². The fraction of sp³-hybridized carbons (Fsp3) is 0.320. The molecule has 4 rings (SSSR count). The van der Waals surface area contributed by atoms with Crippen LogP contribution in [-0.2, 0) is 4.79 Å². The Morgan fingerprint density at radius 3 is 2.65 bits per heavy atom. The molecular weight excluding hydrogens is 390 g/mol. The highest BCUT2D eigenvalue weighted by molar-refractivity contribution is 5.82. The van der Waals surface area contributed by atoms with Gasteiger partial charge in [0.1, 0.15) is 12.4 Å². The standard InChI is InChI=1S/C25H27N3O3/c1-4-8-19(25(29)30)22-16(2)26-24(17-9-6-5-7-10-17)27-23(22)18-11-12-20-21(15-18)31-14-13-28(20)3/h5-7,9-12,15,19H,4,8,13-14H2,1-3H3,(H,29,30). The molecule has 0 aliphatic carbocycles. The number of carboxylic acid groups (broad SMARTS) is 1. The molecule has 0 spiro atoms. The number of carbonyl (C=O) groups is 1. The van der Waals surface area contributed by atoms with E-state index in [1.54, 1.807) is 0 Å². The highest BCUT2D eigenvalue weighted by Gasteiger charge is 2.28. The van der Waals surface area contributed by atoms with Gasteiger partial charge in [-0.2, -0.15) is 0 Å². The average Bonchev–Trinajstić information content (AvgIpc) is 2.78. The molecule has 0 fully saturated rings. The van der Waals surface area contributed by atoms with Gasteiger partial charge in [-0.15, -0.1) is 0 Å². The highest BCUT2D eigenvalue weighted by Crippen LogP contribution is 2.39. The van der Waals surface area contributed by atoms with E-state index < -0.39 is 11.9 Å². The molecule has 0 saturated heterocycles. The normalized spacial score (nSPS) is 14.0. The number of nitrogens with zero attached hydrogens (tertiary/aromatic N) is 3. The molecule has 160 valence electrons. The molecule has 1 aliphatic rings. The van der Waals surface area contributed by atoms with Crippen LogP contribution in [0, 0.1) is 6.92 Å². The molecule has 1 aliphatic heterocycles. The maximum atomic E-state index is 12.2. The predicted octanol–water partition coefficient (Wildman–Crippen LogP) is 4.92. The van der Waals surface area contributed by atoms with Crippen molar-refractivity contribution in [2.45, 2.75) is 32.6 Å². The molecule has 0 bridgehead atoms. The number of anilines is 1. The second kappa shape index (κ2) is 8.76. The summed E-state index contributed by atoms with van der Waals surface area (Å²) in [5, 5.41) is 9.98. The van der Waals surface area contributed by atoms with E-state index in [1.807, 2.05) is 69.4 Å². The smallest absolute Gasteiger partial charge is 0.311 e. The van der Waals surface area contributed by atoms with E-state index in [2.05, 4.69) is 4.90 Å². The monoisotopic (exact) mass is 417 g/mol. The van der Waals surface area contributed by atoms with Gasteiger partial charge in [-0.05, 0) is 25.5 Å². The van der Waals surface area contributed by atoms with E-state index in [0.717, 1.165) is 35.5 Å². The zero-order valence-corrected chi connectivity index (χ0v) is 18.1. The summed E-state index contributed by atoms with van der Waals surface area (Å²) in [6.07, 6.45) is 1.29. The number of aromatic nitrogens is 2. The summed E-state index contributed by atoms with van der Waals surface area (Å²) < 4.78 is 5.90. The lowest BCUT2D eigenvalue weighted by molar-refractivity contribution is -0.139. The number of aryl methyl sites for hydroxylation is 1. The summed E-state index contributed by atoms with van der Waals surface area (Å²) in [6.45, 7) is 5.32. The lowest BCUT2D eigenvalue weighted by Crippen LogP contribution is -2.28. The van der Waals surface area contributed by atoms with Crippen molar-refractivity contribution in [1.29, 1.82) is 0 Å². The van der Waals surface area contributed by atoms with Crippen LogP contribution in [0.15, 0.2) is 48.5 Å². The number of likely N-dealkylation sites (N-methyl/N-ethyl adjacent to an activating group) is 1. The molecule has 1 unspecified atom stereocenters. The molecule has 1 N–H and O–H groups in total. The van der Waals surface area contributed by atoms with Crippen molar-refractivity contribution in [1.82, 2.24) is 9.97 Å². The van der Waals surface area contributed by atoms with Crippen LogP contribution in [0.5, 0.6) is 5.75 Å². The third-order valence-corrected chi connectivity index (χ3v) is 5.72. The third kappa shape index (κ3) is 4.10. The maximum absolute atomic E-state index is 12.2. The van der Waals surface area contributed by atoms with Gasteiger partial charge in [-0.1, -0.05) is 49.7 Å². The molecule has 2 aromatic carbocycles. The highest BCUT2D eigenvalue weighted by atomic mass is 16.5. The lowest BCUT2D eigenvalue weighted by Gasteiger charge is -2.28. The first-order valence-electron chi connectivity index (χ1n) is 10.6. The first-order chi connectivity index (χ1) is 15.0. The molecule has 31 heavy (non-hydrogen) atoms. The predicted molar refractivity (Wildman–Crippen MR) is 122 cm³/mol. The van der Waals surface area contributed by atoms with Crippen molar-refractivity contribution >= 4 is 11.7 Å². The third-order valence-electron chi connectivity index (χ3n) is 5.72. The fourth-order valence-corrected chi connectivity index (χ4v) is 4.12. The summed E-state index contributed by atoms with van der Waals surface area (Å²) >= 11 is 0. The number of ether oxygens (including phenoxy) is 1. The number of hydrogen-bond acceptors (Lipinski definition) is 5. The first-order valence-corrected chi connectivity index (χ1v) is 10.6. The Kier molecular flexibility index (Phi) is 5.89.